The molecule has 0 saturated heterocycles. The summed E-state index contributed by atoms with van der Waals surface area (Å²) in [6.07, 6.45) is 4.50. The summed E-state index contributed by atoms with van der Waals surface area (Å²) in [5.74, 6) is 5.94. The second-order valence-electron chi connectivity index (χ2n) is 6.00. The molecule has 160 valence electrons. The van der Waals surface area contributed by atoms with Crippen molar-refractivity contribution >= 4 is 18.8 Å². The minimum Gasteiger partial charge on any atom is -0.471 e. The normalized spacial score (nSPS) is 10.3. The molecular weight excluding hydrogens is 380 g/mol. The minimum absolute atomic E-state index is 0.0561. The average Bonchev–Trinajstić information content (AvgIpc) is 2.82. The Balaban J connectivity index is 0.000000703. The predicted octanol–water partition coefficient (Wildman–Crippen LogP) is 2.40. The number of carbonyl (C=O) groups excluding carboxylic acids is 2. The monoisotopic (exact) mass is 410 g/mol. The number of rotatable bonds is 6. The van der Waals surface area contributed by atoms with Gasteiger partial charge in [-0.05, 0) is 49.4 Å². The molecule has 2 rings (SSSR count). The van der Waals surface area contributed by atoms with Crippen LogP contribution >= 0.6 is 0 Å². The Morgan fingerprint density at radius 2 is 1.67 bits per heavy atom. The van der Waals surface area contributed by atoms with E-state index < -0.39 is 0 Å². The number of hydrogen-bond donors (Lipinski definition) is 3. The highest BCUT2D eigenvalue weighted by Crippen LogP contribution is 2.06. The van der Waals surface area contributed by atoms with E-state index in [-0.39, 0.29) is 6.61 Å². The smallest absolute Gasteiger partial charge is 0.292 e. The second-order valence-corrected chi connectivity index (χ2v) is 6.00. The maximum absolute atomic E-state index is 10.5. The molecular formula is C24H30N2O4. The van der Waals surface area contributed by atoms with Gasteiger partial charge in [0.05, 0.1) is 13.7 Å². The molecule has 0 spiro atoms. The first kappa shape index (κ1) is 26.8. The molecule has 6 heteroatoms. The van der Waals surface area contributed by atoms with Gasteiger partial charge in [-0.3, -0.25) is 9.59 Å². The molecule has 0 aliphatic carbocycles. The van der Waals surface area contributed by atoms with Crippen molar-refractivity contribution in [2.24, 2.45) is 5.73 Å². The summed E-state index contributed by atoms with van der Waals surface area (Å²) in [5, 5.41) is 11.9. The SMILES string of the molecule is CNC(C)CN.COC=O.O=Cc1ccc(C#C/C=C/c2ccc(CO)cc2)cc1. The fourth-order valence-electron chi connectivity index (χ4n) is 1.76. The van der Waals surface area contributed by atoms with E-state index in [4.69, 9.17) is 15.6 Å². The van der Waals surface area contributed by atoms with Crippen molar-refractivity contribution in [2.45, 2.75) is 19.6 Å². The van der Waals surface area contributed by atoms with Crippen molar-refractivity contribution in [3.05, 3.63) is 76.9 Å². The number of nitrogens with two attached hydrogens (primary N) is 1. The van der Waals surface area contributed by atoms with Crippen molar-refractivity contribution in [2.75, 3.05) is 20.7 Å². The first-order valence-corrected chi connectivity index (χ1v) is 9.31. The van der Waals surface area contributed by atoms with Gasteiger partial charge in [0.25, 0.3) is 6.47 Å². The molecule has 6 nitrogen and oxygen atoms in total. The van der Waals surface area contributed by atoms with Crippen LogP contribution in [0.2, 0.25) is 0 Å². The van der Waals surface area contributed by atoms with Crippen molar-refractivity contribution < 1.29 is 19.4 Å². The number of methoxy groups -OCH3 is 1. The first-order chi connectivity index (χ1) is 14.5. The average molecular weight is 411 g/mol. The maximum atomic E-state index is 10.5. The zero-order valence-corrected chi connectivity index (χ0v) is 17.7. The highest BCUT2D eigenvalue weighted by molar-refractivity contribution is 5.74. The molecule has 0 fully saturated rings. The standard InChI is InChI=1S/C18H14O2.C4H12N2.C2H4O2/c19-13-17-9-5-15(6-10-17)3-1-2-4-16-7-11-18(14-20)12-8-16;1-4(3-5)6-2;1-4-2-3/h1,3,5-12,14,19H,13H2;4,6H,3,5H2,1-2H3;2H,1H3/b3-1+;;. The molecule has 0 aromatic heterocycles. The van der Waals surface area contributed by atoms with Crippen molar-refractivity contribution in [1.29, 1.82) is 0 Å². The topological polar surface area (TPSA) is 102 Å². The van der Waals surface area contributed by atoms with Crippen LogP contribution in [0.1, 0.15) is 34.0 Å². The molecule has 0 aliphatic heterocycles. The number of aldehydes is 1. The van der Waals surface area contributed by atoms with Crippen molar-refractivity contribution in [3.8, 4) is 11.8 Å². The Hall–Kier alpha value is -3.24. The van der Waals surface area contributed by atoms with E-state index in [2.05, 4.69) is 21.9 Å². The predicted molar refractivity (Wildman–Crippen MR) is 121 cm³/mol. The second kappa shape index (κ2) is 17.8. The van der Waals surface area contributed by atoms with E-state index in [1.165, 1.54) is 7.11 Å². The van der Waals surface area contributed by atoms with Crippen LogP contribution in [0.3, 0.4) is 0 Å². The van der Waals surface area contributed by atoms with Gasteiger partial charge in [0.1, 0.15) is 6.29 Å². The first-order valence-electron chi connectivity index (χ1n) is 9.31. The van der Waals surface area contributed by atoms with Gasteiger partial charge in [-0.25, -0.2) is 0 Å². The molecule has 0 heterocycles. The number of likely N-dealkylation sites (N-methyl/N-ethyl adjacent to an activating group) is 1. The molecule has 4 N–H and O–H groups in total. The highest BCUT2D eigenvalue weighted by atomic mass is 16.5. The van der Waals surface area contributed by atoms with Crippen LogP contribution in [0.25, 0.3) is 6.08 Å². The van der Waals surface area contributed by atoms with E-state index in [1.54, 1.807) is 18.2 Å². The number of hydrogen-bond acceptors (Lipinski definition) is 6. The van der Waals surface area contributed by atoms with Gasteiger partial charge in [0.2, 0.25) is 0 Å². The van der Waals surface area contributed by atoms with E-state index in [0.717, 1.165) is 29.5 Å². The lowest BCUT2D eigenvalue weighted by atomic mass is 10.1. The number of allylic oxidation sites excluding steroid dienone is 1. The van der Waals surface area contributed by atoms with Crippen LogP contribution < -0.4 is 11.1 Å². The third-order valence-corrected chi connectivity index (χ3v) is 3.73. The number of ether oxygens (including phenoxy) is 1. The Morgan fingerprint density at radius 3 is 2.07 bits per heavy atom. The van der Waals surface area contributed by atoms with Gasteiger partial charge in [0.15, 0.2) is 0 Å². The number of aliphatic hydroxyl groups is 1. The molecule has 30 heavy (non-hydrogen) atoms. The molecule has 0 bridgehead atoms. The highest BCUT2D eigenvalue weighted by Gasteiger charge is 1.90. The van der Waals surface area contributed by atoms with E-state index in [9.17, 15) is 4.79 Å². The quantitative estimate of drug-likeness (QED) is 0.499. The van der Waals surface area contributed by atoms with Crippen LogP contribution in [0.4, 0.5) is 0 Å². The Bertz CT molecular complexity index is 800. The van der Waals surface area contributed by atoms with Crippen LogP contribution in [0.15, 0.2) is 54.6 Å². The van der Waals surface area contributed by atoms with Gasteiger partial charge in [-0.2, -0.15) is 0 Å². The third kappa shape index (κ3) is 13.0. The fourth-order valence-corrected chi connectivity index (χ4v) is 1.76. The summed E-state index contributed by atoms with van der Waals surface area (Å²) >= 11 is 0. The Kier molecular flexibility index (Phi) is 15.9. The molecule has 0 amide bonds. The van der Waals surface area contributed by atoms with E-state index in [0.29, 0.717) is 18.1 Å². The van der Waals surface area contributed by atoms with Crippen molar-refractivity contribution in [3.63, 3.8) is 0 Å². The number of nitrogens with one attached hydrogen (secondary N) is 1. The van der Waals surface area contributed by atoms with Crippen molar-refractivity contribution in [1.82, 2.24) is 5.32 Å². The van der Waals surface area contributed by atoms with Gasteiger partial charge < -0.3 is 20.9 Å². The third-order valence-electron chi connectivity index (χ3n) is 3.73. The maximum Gasteiger partial charge on any atom is 0.292 e. The number of benzene rings is 2. The number of carbonyl (C=O) groups is 2. The Labute approximate surface area is 178 Å². The molecule has 2 aromatic rings. The van der Waals surface area contributed by atoms with Crippen LogP contribution in [-0.2, 0) is 16.1 Å². The Morgan fingerprint density at radius 1 is 1.10 bits per heavy atom. The van der Waals surface area contributed by atoms with Crippen LogP contribution in [-0.4, -0.2) is 44.6 Å². The summed E-state index contributed by atoms with van der Waals surface area (Å²) in [6, 6.07) is 15.2. The van der Waals surface area contributed by atoms with Gasteiger partial charge in [-0.15, -0.1) is 0 Å². The molecule has 0 saturated carbocycles. The summed E-state index contributed by atoms with van der Waals surface area (Å²) in [7, 11) is 3.21. The van der Waals surface area contributed by atoms with Gasteiger partial charge >= 0.3 is 0 Å². The molecule has 2 aromatic carbocycles. The van der Waals surface area contributed by atoms with E-state index in [1.807, 2.05) is 56.4 Å². The largest absolute Gasteiger partial charge is 0.471 e. The van der Waals surface area contributed by atoms with Gasteiger partial charge in [-0.1, -0.05) is 48.2 Å². The van der Waals surface area contributed by atoms with E-state index >= 15 is 0 Å². The molecule has 1 unspecified atom stereocenters. The van der Waals surface area contributed by atoms with Crippen LogP contribution in [0, 0.1) is 11.8 Å². The lowest BCUT2D eigenvalue weighted by Crippen LogP contribution is -2.29. The summed E-state index contributed by atoms with van der Waals surface area (Å²) in [4.78, 5) is 19.5. The number of aliphatic hydroxyl groups excluding tert-OH is 1. The summed E-state index contributed by atoms with van der Waals surface area (Å²) < 4.78 is 3.86. The lowest BCUT2D eigenvalue weighted by molar-refractivity contribution is -0.126. The van der Waals surface area contributed by atoms with Crippen LogP contribution in [0.5, 0.6) is 0 Å². The summed E-state index contributed by atoms with van der Waals surface area (Å²) in [5.41, 5.74) is 8.67. The minimum atomic E-state index is 0.0561. The lowest BCUT2D eigenvalue weighted by Gasteiger charge is -2.02. The van der Waals surface area contributed by atoms with Gasteiger partial charge in [0, 0.05) is 23.7 Å². The zero-order valence-electron chi connectivity index (χ0n) is 17.7. The fraction of sp³-hybridized carbons (Fsp3) is 0.250. The summed E-state index contributed by atoms with van der Waals surface area (Å²) in [6.45, 7) is 3.19. The zero-order chi connectivity index (χ0) is 22.6. The molecule has 0 radical (unpaired) electrons. The molecule has 0 aliphatic rings. The molecule has 1 atom stereocenters.